The first kappa shape index (κ1) is 22.6. The van der Waals surface area contributed by atoms with Gasteiger partial charge in [-0.05, 0) is 61.7 Å². The molecule has 2 aromatic carbocycles. The summed E-state index contributed by atoms with van der Waals surface area (Å²) in [7, 11) is 0. The molecule has 0 bridgehead atoms. The minimum absolute atomic E-state index is 0.0575. The van der Waals surface area contributed by atoms with E-state index in [1.54, 1.807) is 49.4 Å². The van der Waals surface area contributed by atoms with E-state index in [4.69, 9.17) is 16.3 Å². The first-order chi connectivity index (χ1) is 16.3. The van der Waals surface area contributed by atoms with E-state index >= 15 is 0 Å². The Bertz CT molecular complexity index is 1170. The fourth-order valence-electron chi connectivity index (χ4n) is 5.30. The van der Waals surface area contributed by atoms with E-state index in [9.17, 15) is 19.2 Å². The average Bonchev–Trinajstić information content (AvgIpc) is 3.32. The van der Waals surface area contributed by atoms with Gasteiger partial charge in [-0.3, -0.25) is 19.2 Å². The number of aryl methyl sites for hydroxylation is 1. The van der Waals surface area contributed by atoms with Crippen molar-refractivity contribution in [3.63, 3.8) is 0 Å². The molecule has 0 N–H and O–H groups in total. The highest BCUT2D eigenvalue weighted by atomic mass is 35.5. The zero-order valence-electron chi connectivity index (χ0n) is 18.8. The van der Waals surface area contributed by atoms with Gasteiger partial charge in [0, 0.05) is 23.7 Å². The monoisotopic (exact) mass is 480 g/mol. The Labute approximate surface area is 202 Å². The molecular formula is C26H25ClN2O5. The molecular weight excluding hydrogens is 456 g/mol. The number of esters is 1. The number of anilines is 2. The van der Waals surface area contributed by atoms with E-state index in [-0.39, 0.29) is 42.5 Å². The van der Waals surface area contributed by atoms with Crippen LogP contribution in [0.3, 0.4) is 0 Å². The summed E-state index contributed by atoms with van der Waals surface area (Å²) in [6.45, 7) is 2.00. The normalized spacial score (nSPS) is 24.5. The Morgan fingerprint density at radius 3 is 2.35 bits per heavy atom. The van der Waals surface area contributed by atoms with Crippen LogP contribution in [0.25, 0.3) is 0 Å². The first-order valence-electron chi connectivity index (χ1n) is 11.6. The van der Waals surface area contributed by atoms with Gasteiger partial charge in [0.25, 0.3) is 0 Å². The summed E-state index contributed by atoms with van der Waals surface area (Å²) in [5.41, 5.74) is 1.86. The number of hydrogen-bond donors (Lipinski definition) is 0. The van der Waals surface area contributed by atoms with E-state index in [1.807, 2.05) is 0 Å². The quantitative estimate of drug-likeness (QED) is 0.370. The van der Waals surface area contributed by atoms with Gasteiger partial charge in [-0.15, -0.1) is 0 Å². The Hall–Kier alpha value is -3.19. The number of fused-ring (bicyclic) bond motifs is 1. The van der Waals surface area contributed by atoms with Gasteiger partial charge in [-0.2, -0.15) is 0 Å². The van der Waals surface area contributed by atoms with Crippen LogP contribution in [0.2, 0.25) is 5.02 Å². The first-order valence-corrected chi connectivity index (χ1v) is 12.0. The number of carbonyl (C=O) groups excluding carboxylic acids is 4. The molecule has 2 aromatic rings. The minimum Gasteiger partial charge on any atom is -0.426 e. The highest BCUT2D eigenvalue weighted by molar-refractivity contribution is 6.31. The number of imide groups is 1. The van der Waals surface area contributed by atoms with Crippen LogP contribution >= 0.6 is 11.6 Å². The lowest BCUT2D eigenvalue weighted by Gasteiger charge is -2.19. The SMILES string of the molecule is Cc1cc(OC(=O)[C@@H]2CC(=O)N(c3cccc(Cl)c3)C2)ccc1N1C(=O)[C@H]2CCCC[C@@H]2C1=O. The van der Waals surface area contributed by atoms with E-state index in [2.05, 4.69) is 0 Å². The number of rotatable bonds is 4. The highest BCUT2D eigenvalue weighted by Gasteiger charge is 2.49. The fraction of sp³-hybridized carbons (Fsp3) is 0.385. The van der Waals surface area contributed by atoms with Crippen molar-refractivity contribution in [3.05, 3.63) is 53.1 Å². The lowest BCUT2D eigenvalue weighted by molar-refractivity contribution is -0.139. The zero-order chi connectivity index (χ0) is 24.0. The van der Waals surface area contributed by atoms with Crippen LogP contribution in [0.15, 0.2) is 42.5 Å². The van der Waals surface area contributed by atoms with E-state index in [0.717, 1.165) is 25.7 Å². The molecule has 1 aliphatic carbocycles. The van der Waals surface area contributed by atoms with Crippen LogP contribution in [-0.4, -0.2) is 30.2 Å². The maximum Gasteiger partial charge on any atom is 0.316 e. The molecule has 0 spiro atoms. The second kappa shape index (κ2) is 8.87. The number of nitrogens with zero attached hydrogens (tertiary/aromatic N) is 2. The molecule has 8 heteroatoms. The standard InChI is InChI=1S/C26H25ClN2O5/c1-15-11-19(9-10-22(15)29-24(31)20-7-2-3-8-21(20)25(29)32)34-26(33)16-12-23(30)28(14-16)18-6-4-5-17(27)13-18/h4-6,9-11,13,16,20-21H,2-3,7-8,12,14H2,1H3/t16-,20+,21+/m1/s1. The maximum atomic E-state index is 12.9. The second-order valence-electron chi connectivity index (χ2n) is 9.26. The van der Waals surface area contributed by atoms with E-state index in [1.165, 1.54) is 9.80 Å². The van der Waals surface area contributed by atoms with Crippen molar-refractivity contribution in [2.24, 2.45) is 17.8 Å². The number of ether oxygens (including phenoxy) is 1. The Balaban J connectivity index is 1.28. The second-order valence-corrected chi connectivity index (χ2v) is 9.70. The Kier molecular flexibility index (Phi) is 5.90. The molecule has 0 aromatic heterocycles. The van der Waals surface area contributed by atoms with Gasteiger partial charge in [0.15, 0.2) is 0 Å². The van der Waals surface area contributed by atoms with Crippen molar-refractivity contribution in [1.82, 2.24) is 0 Å². The lowest BCUT2D eigenvalue weighted by atomic mass is 9.81. The zero-order valence-corrected chi connectivity index (χ0v) is 19.6. The summed E-state index contributed by atoms with van der Waals surface area (Å²) < 4.78 is 5.57. The molecule has 3 atom stereocenters. The third-order valence-corrected chi connectivity index (χ3v) is 7.28. The molecule has 1 saturated carbocycles. The summed E-state index contributed by atoms with van der Waals surface area (Å²) in [6.07, 6.45) is 3.52. The summed E-state index contributed by atoms with van der Waals surface area (Å²) in [4.78, 5) is 53.9. The minimum atomic E-state index is -0.601. The third-order valence-electron chi connectivity index (χ3n) is 7.05. The molecule has 2 aliphatic heterocycles. The Morgan fingerprint density at radius 2 is 1.71 bits per heavy atom. The summed E-state index contributed by atoms with van der Waals surface area (Å²) in [5, 5.41) is 0.515. The highest BCUT2D eigenvalue weighted by Crippen LogP contribution is 2.41. The van der Waals surface area contributed by atoms with Gasteiger partial charge >= 0.3 is 5.97 Å². The van der Waals surface area contributed by atoms with Crippen molar-refractivity contribution in [2.45, 2.75) is 39.0 Å². The van der Waals surface area contributed by atoms with Gasteiger partial charge in [-0.1, -0.05) is 30.5 Å². The number of amides is 3. The van der Waals surface area contributed by atoms with Crippen LogP contribution in [0.1, 0.15) is 37.7 Å². The molecule has 34 heavy (non-hydrogen) atoms. The predicted molar refractivity (Wildman–Crippen MR) is 127 cm³/mol. The molecule has 3 amide bonds. The van der Waals surface area contributed by atoms with Crippen molar-refractivity contribution in [1.29, 1.82) is 0 Å². The van der Waals surface area contributed by atoms with Crippen molar-refractivity contribution >= 4 is 46.7 Å². The Morgan fingerprint density at radius 1 is 1.00 bits per heavy atom. The molecule has 0 radical (unpaired) electrons. The van der Waals surface area contributed by atoms with Crippen LogP contribution < -0.4 is 14.5 Å². The molecule has 0 unspecified atom stereocenters. The lowest BCUT2D eigenvalue weighted by Crippen LogP contribution is -2.31. The van der Waals surface area contributed by atoms with Crippen LogP contribution in [0.5, 0.6) is 5.75 Å². The topological polar surface area (TPSA) is 84.0 Å². The summed E-state index contributed by atoms with van der Waals surface area (Å²) >= 11 is 6.03. The van der Waals surface area contributed by atoms with Gasteiger partial charge in [0.05, 0.1) is 23.4 Å². The smallest absolute Gasteiger partial charge is 0.316 e. The van der Waals surface area contributed by atoms with Gasteiger partial charge < -0.3 is 9.64 Å². The third kappa shape index (κ3) is 3.98. The molecule has 3 aliphatic rings. The molecule has 3 fully saturated rings. The fourth-order valence-corrected chi connectivity index (χ4v) is 5.49. The van der Waals surface area contributed by atoms with Crippen LogP contribution in [-0.2, 0) is 19.2 Å². The number of hydrogen-bond acceptors (Lipinski definition) is 5. The number of carbonyl (C=O) groups is 4. The largest absolute Gasteiger partial charge is 0.426 e. The number of benzene rings is 2. The van der Waals surface area contributed by atoms with Crippen molar-refractivity contribution in [3.8, 4) is 5.75 Å². The maximum absolute atomic E-state index is 12.9. The molecule has 2 heterocycles. The van der Waals surface area contributed by atoms with Crippen LogP contribution in [0.4, 0.5) is 11.4 Å². The molecule has 5 rings (SSSR count). The van der Waals surface area contributed by atoms with E-state index in [0.29, 0.717) is 27.7 Å². The molecule has 7 nitrogen and oxygen atoms in total. The van der Waals surface area contributed by atoms with Crippen molar-refractivity contribution in [2.75, 3.05) is 16.3 Å². The molecule has 2 saturated heterocycles. The van der Waals surface area contributed by atoms with Gasteiger partial charge in [0.2, 0.25) is 17.7 Å². The predicted octanol–water partition coefficient (Wildman–Crippen LogP) is 4.29. The van der Waals surface area contributed by atoms with Gasteiger partial charge in [-0.25, -0.2) is 4.90 Å². The van der Waals surface area contributed by atoms with Crippen molar-refractivity contribution < 1.29 is 23.9 Å². The summed E-state index contributed by atoms with van der Waals surface area (Å²) in [5.74, 6) is -1.65. The molecule has 176 valence electrons. The summed E-state index contributed by atoms with van der Waals surface area (Å²) in [6, 6.07) is 11.8. The average molecular weight is 481 g/mol. The number of halogens is 1. The van der Waals surface area contributed by atoms with Crippen LogP contribution in [0, 0.1) is 24.7 Å². The van der Waals surface area contributed by atoms with Gasteiger partial charge in [0.1, 0.15) is 5.75 Å². The van der Waals surface area contributed by atoms with E-state index < -0.39 is 11.9 Å².